The Balaban J connectivity index is 1.21. The van der Waals surface area contributed by atoms with E-state index in [0.29, 0.717) is 42.5 Å². The lowest BCUT2D eigenvalue weighted by molar-refractivity contribution is -0.114. The molecule has 0 aliphatic carbocycles. The number of amides is 2. The summed E-state index contributed by atoms with van der Waals surface area (Å²) in [6.07, 6.45) is 1.33. The van der Waals surface area contributed by atoms with Gasteiger partial charge >= 0.3 is 0 Å². The fourth-order valence-electron chi connectivity index (χ4n) is 6.27. The zero-order valence-corrected chi connectivity index (χ0v) is 33.5. The van der Waals surface area contributed by atoms with Gasteiger partial charge < -0.3 is 44.0 Å². The number of aromatic hydroxyl groups is 2. The first-order valence-electron chi connectivity index (χ1n) is 17.9. The molecule has 8 N–H and O–H groups in total. The van der Waals surface area contributed by atoms with Gasteiger partial charge in [-0.3, -0.25) is 14.1 Å². The quantitative estimate of drug-likeness (QED) is 0.0290. The number of nitrogens with one attached hydrogen (secondary N) is 2. The van der Waals surface area contributed by atoms with E-state index in [-0.39, 0.29) is 39.2 Å². The Morgan fingerprint density at radius 3 is 2.15 bits per heavy atom. The van der Waals surface area contributed by atoms with E-state index < -0.39 is 54.0 Å². The number of benzene rings is 6. The molecule has 0 aliphatic heterocycles. The van der Waals surface area contributed by atoms with Gasteiger partial charge in [0.05, 0.1) is 33.3 Å². The molecule has 0 heterocycles. The maximum Gasteiger partial charge on any atom is 0.294 e. The van der Waals surface area contributed by atoms with Crippen molar-refractivity contribution >= 4 is 71.4 Å². The molecule has 0 spiro atoms. The van der Waals surface area contributed by atoms with Crippen LogP contribution in [0.25, 0.3) is 21.5 Å². The fraction of sp³-hybridized carbons (Fsp3) is 0.171. The van der Waals surface area contributed by atoms with Crippen molar-refractivity contribution in [3.8, 4) is 28.7 Å². The standard InChI is InChI=1S/C41H40N4O12S2/c1-23-10-15-34(24(2)18-23)56-17-7-6-16-42-41(49)32-22-35(30-8-4-5-9-31(30)39(32)47)57-28-13-11-27(12-14-28)44-45-38-36(59(53,54)55)20-26-19-29(58(50,51)52)21-33(43-25(3)46)37(26)40(38)48/h4-5,8-15,18-22,47-48,53-55H,6-7,16-17H2,1-3H3,(H,42,49)(H,43,46)(H,50,51,52). The van der Waals surface area contributed by atoms with Crippen LogP contribution in [-0.4, -0.2) is 61.8 Å². The molecular formula is C41H40N4O12S2. The van der Waals surface area contributed by atoms with Gasteiger partial charge in [-0.25, -0.2) is 0 Å². The molecule has 0 aromatic heterocycles. The Bertz CT molecular complexity index is 2740. The van der Waals surface area contributed by atoms with Gasteiger partial charge in [-0.15, -0.1) is 5.11 Å². The molecule has 18 heteroatoms. The van der Waals surface area contributed by atoms with Crippen molar-refractivity contribution in [1.82, 2.24) is 5.32 Å². The Morgan fingerprint density at radius 2 is 1.49 bits per heavy atom. The highest BCUT2D eigenvalue weighted by Crippen LogP contribution is 2.55. The number of carbonyl (C=O) groups is 2. The number of phenolic OH excluding ortho intramolecular Hbond substituents is 2. The highest BCUT2D eigenvalue weighted by Gasteiger charge is 2.28. The van der Waals surface area contributed by atoms with Crippen molar-refractivity contribution in [2.24, 2.45) is 10.2 Å². The summed E-state index contributed by atoms with van der Waals surface area (Å²) in [5.74, 6) is -0.798. The number of azo groups is 1. The minimum Gasteiger partial charge on any atom is -0.506 e. The van der Waals surface area contributed by atoms with Crippen LogP contribution in [0.5, 0.6) is 28.7 Å². The molecule has 16 nitrogen and oxygen atoms in total. The van der Waals surface area contributed by atoms with Gasteiger partial charge in [-0.2, -0.15) is 13.5 Å². The molecule has 0 radical (unpaired) electrons. The third-order valence-corrected chi connectivity index (χ3v) is 10.8. The summed E-state index contributed by atoms with van der Waals surface area (Å²) in [4.78, 5) is 23.8. The van der Waals surface area contributed by atoms with Gasteiger partial charge in [0, 0.05) is 29.6 Å². The Hall–Kier alpha value is -6.28. The number of hydrogen-bond donors (Lipinski definition) is 8. The molecule has 0 aliphatic rings. The van der Waals surface area contributed by atoms with Gasteiger partial charge in [-0.1, -0.05) is 42.0 Å². The van der Waals surface area contributed by atoms with Crippen molar-refractivity contribution in [3.05, 3.63) is 108 Å². The third kappa shape index (κ3) is 9.89. The zero-order chi connectivity index (χ0) is 42.6. The van der Waals surface area contributed by atoms with Crippen molar-refractivity contribution < 1.29 is 55.9 Å². The maximum absolute atomic E-state index is 13.3. The van der Waals surface area contributed by atoms with Crippen molar-refractivity contribution in [2.75, 3.05) is 18.5 Å². The Kier molecular flexibility index (Phi) is 12.4. The summed E-state index contributed by atoms with van der Waals surface area (Å²) in [6.45, 7) is 5.94. The Labute approximate surface area is 340 Å². The van der Waals surface area contributed by atoms with E-state index in [4.69, 9.17) is 9.47 Å². The van der Waals surface area contributed by atoms with Crippen LogP contribution >= 0.6 is 10.9 Å². The molecule has 6 aromatic carbocycles. The average molecular weight is 845 g/mol. The smallest absolute Gasteiger partial charge is 0.294 e. The van der Waals surface area contributed by atoms with E-state index >= 15 is 0 Å². The van der Waals surface area contributed by atoms with E-state index in [1.54, 1.807) is 24.3 Å². The molecule has 0 atom stereocenters. The topological polar surface area (TPSA) is 257 Å². The second-order valence-electron chi connectivity index (χ2n) is 13.5. The summed E-state index contributed by atoms with van der Waals surface area (Å²) < 4.78 is 76.2. The minimum atomic E-state index is -4.83. The van der Waals surface area contributed by atoms with Crippen LogP contribution < -0.4 is 20.1 Å². The van der Waals surface area contributed by atoms with Crippen molar-refractivity contribution in [1.29, 1.82) is 0 Å². The van der Waals surface area contributed by atoms with Gasteiger partial charge in [0.25, 0.3) is 16.0 Å². The predicted octanol–water partition coefficient (Wildman–Crippen LogP) is 9.61. The summed E-state index contributed by atoms with van der Waals surface area (Å²) in [5.41, 5.74) is 1.49. The molecule has 0 bridgehead atoms. The molecule has 308 valence electrons. The van der Waals surface area contributed by atoms with Crippen LogP contribution in [0.3, 0.4) is 0 Å². The van der Waals surface area contributed by atoms with Gasteiger partial charge in [0.2, 0.25) is 5.91 Å². The van der Waals surface area contributed by atoms with E-state index in [1.165, 1.54) is 30.3 Å². The number of hydrogen-bond acceptors (Lipinski definition) is 13. The van der Waals surface area contributed by atoms with Gasteiger partial charge in [-0.05, 0) is 92.2 Å². The molecule has 0 fully saturated rings. The first-order chi connectivity index (χ1) is 27.9. The predicted molar refractivity (Wildman–Crippen MR) is 223 cm³/mol. The monoisotopic (exact) mass is 844 g/mol. The number of ether oxygens (including phenoxy) is 2. The van der Waals surface area contributed by atoms with Crippen LogP contribution in [-0.2, 0) is 14.9 Å². The number of phenols is 2. The summed E-state index contributed by atoms with van der Waals surface area (Å²) in [5, 5.41) is 36.1. The first-order valence-corrected chi connectivity index (χ1v) is 20.9. The number of fused-ring (bicyclic) bond motifs is 2. The number of nitrogens with zero attached hydrogens (tertiary/aromatic N) is 2. The molecule has 59 heavy (non-hydrogen) atoms. The number of anilines is 1. The van der Waals surface area contributed by atoms with Crippen LogP contribution in [0.1, 0.15) is 41.3 Å². The summed E-state index contributed by atoms with van der Waals surface area (Å²) in [6, 6.07) is 22.9. The lowest BCUT2D eigenvalue weighted by Crippen LogP contribution is -2.25. The lowest BCUT2D eigenvalue weighted by Gasteiger charge is -2.23. The molecular weight excluding hydrogens is 805 g/mol. The van der Waals surface area contributed by atoms with Crippen LogP contribution in [0, 0.1) is 13.8 Å². The highest BCUT2D eigenvalue weighted by atomic mass is 32.3. The maximum atomic E-state index is 13.3. The van der Waals surface area contributed by atoms with E-state index in [9.17, 15) is 46.4 Å². The molecule has 2 amide bonds. The van der Waals surface area contributed by atoms with Crippen LogP contribution in [0.15, 0.2) is 111 Å². The van der Waals surface area contributed by atoms with Gasteiger partial charge in [0.15, 0.2) is 5.75 Å². The lowest BCUT2D eigenvalue weighted by atomic mass is 10.0. The second kappa shape index (κ2) is 17.3. The average Bonchev–Trinajstić information content (AvgIpc) is 3.16. The van der Waals surface area contributed by atoms with E-state index in [1.807, 2.05) is 32.0 Å². The number of unbranched alkanes of at least 4 members (excludes halogenated alkanes) is 1. The summed E-state index contributed by atoms with van der Waals surface area (Å²) in [7, 11) is -9.44. The number of carbonyl (C=O) groups excluding carboxylic acids is 2. The normalized spacial score (nSPS) is 12.2. The number of rotatable bonds is 14. The molecule has 0 unspecified atom stereocenters. The fourth-order valence-corrected chi connectivity index (χ4v) is 7.49. The zero-order valence-electron chi connectivity index (χ0n) is 31.8. The SMILES string of the molecule is CC(=O)Nc1cc(S(=O)(=O)O)cc2cc(S(O)(O)O)c(N=Nc3ccc(Oc4cc(C(=O)NCCCCOc5ccc(C)cc5C)c(O)c5ccccc45)cc3)c(O)c12. The largest absolute Gasteiger partial charge is 0.506 e. The van der Waals surface area contributed by atoms with Gasteiger partial charge in [0.1, 0.15) is 39.6 Å². The van der Waals surface area contributed by atoms with Crippen molar-refractivity contribution in [3.63, 3.8) is 0 Å². The minimum absolute atomic E-state index is 0.00683. The van der Waals surface area contributed by atoms with E-state index in [2.05, 4.69) is 20.9 Å². The Morgan fingerprint density at radius 1 is 0.780 bits per heavy atom. The van der Waals surface area contributed by atoms with E-state index in [0.717, 1.165) is 42.0 Å². The third-order valence-electron chi connectivity index (χ3n) is 9.02. The van der Waals surface area contributed by atoms with Crippen molar-refractivity contribution in [2.45, 2.75) is 43.4 Å². The molecule has 0 saturated heterocycles. The highest BCUT2D eigenvalue weighted by molar-refractivity contribution is 8.19. The van der Waals surface area contributed by atoms with Crippen LogP contribution in [0.2, 0.25) is 0 Å². The summed E-state index contributed by atoms with van der Waals surface area (Å²) >= 11 is 0. The second-order valence-corrected chi connectivity index (χ2v) is 16.4. The molecule has 6 aromatic rings. The number of aryl methyl sites for hydroxylation is 2. The molecule has 0 saturated carbocycles. The first kappa shape index (κ1) is 42.3. The van der Waals surface area contributed by atoms with Crippen LogP contribution in [0.4, 0.5) is 17.1 Å². The molecule has 6 rings (SSSR count).